The molecule has 4 rings (SSSR count). The van der Waals surface area contributed by atoms with Gasteiger partial charge < -0.3 is 4.74 Å². The van der Waals surface area contributed by atoms with Crippen LogP contribution in [0.5, 0.6) is 6.01 Å². The van der Waals surface area contributed by atoms with Gasteiger partial charge in [0.05, 0.1) is 15.4 Å². The molecule has 0 aliphatic carbocycles. The van der Waals surface area contributed by atoms with E-state index < -0.39 is 57.1 Å². The summed E-state index contributed by atoms with van der Waals surface area (Å²) in [5.74, 6) is 6.98. The van der Waals surface area contributed by atoms with E-state index >= 15 is 0 Å². The smallest absolute Gasteiger partial charge is 0.422 e. The fourth-order valence-electron chi connectivity index (χ4n) is 3.99. The van der Waals surface area contributed by atoms with Gasteiger partial charge in [-0.15, -0.1) is 0 Å². The summed E-state index contributed by atoms with van der Waals surface area (Å²) in [6.45, 7) is -1.92. The van der Waals surface area contributed by atoms with E-state index in [0.717, 1.165) is 34.6 Å². The van der Waals surface area contributed by atoms with Crippen molar-refractivity contribution in [1.82, 2.24) is 19.3 Å². The molecule has 0 radical (unpaired) electrons. The Morgan fingerprint density at radius 1 is 0.976 bits per heavy atom. The van der Waals surface area contributed by atoms with E-state index in [1.54, 1.807) is 0 Å². The van der Waals surface area contributed by atoms with Gasteiger partial charge >= 0.3 is 18.4 Å². The van der Waals surface area contributed by atoms with Crippen LogP contribution in [0.15, 0.2) is 53.4 Å². The summed E-state index contributed by atoms with van der Waals surface area (Å²) in [7, 11) is -4.11. The summed E-state index contributed by atoms with van der Waals surface area (Å²) in [5, 5.41) is 11.0. The third-order valence-corrected chi connectivity index (χ3v) is 7.83. The van der Waals surface area contributed by atoms with Crippen LogP contribution >= 0.6 is 0 Å². The van der Waals surface area contributed by atoms with Gasteiger partial charge in [-0.1, -0.05) is 18.2 Å². The molecule has 2 heterocycles. The molecule has 1 saturated heterocycles. The highest BCUT2D eigenvalue weighted by atomic mass is 32.2. The molecule has 3 aromatic rings. The van der Waals surface area contributed by atoms with Crippen LogP contribution in [0.3, 0.4) is 0 Å². The number of nitro benzene ring substituents is 1. The number of hydrogen-bond donors (Lipinski definition) is 2. The van der Waals surface area contributed by atoms with E-state index in [4.69, 9.17) is 0 Å². The van der Waals surface area contributed by atoms with Gasteiger partial charge in [-0.25, -0.2) is 13.4 Å². The quantitative estimate of drug-likeness (QED) is 0.170. The molecule has 19 heteroatoms. The Balaban J connectivity index is 0.00000237. The minimum Gasteiger partial charge on any atom is -0.454 e. The van der Waals surface area contributed by atoms with Crippen molar-refractivity contribution in [3.05, 3.63) is 70.0 Å². The number of aromatic nitrogens is 3. The van der Waals surface area contributed by atoms with Crippen molar-refractivity contribution in [2.24, 2.45) is 11.7 Å². The first-order valence-electron chi connectivity index (χ1n) is 11.8. The van der Waals surface area contributed by atoms with Gasteiger partial charge in [0.15, 0.2) is 12.4 Å². The first kappa shape index (κ1) is 32.6. The van der Waals surface area contributed by atoms with Crippen molar-refractivity contribution < 1.29 is 44.4 Å². The van der Waals surface area contributed by atoms with E-state index in [9.17, 15) is 44.9 Å². The van der Waals surface area contributed by atoms with E-state index in [0.29, 0.717) is 0 Å². The zero-order valence-corrected chi connectivity index (χ0v) is 22.2. The van der Waals surface area contributed by atoms with Crippen molar-refractivity contribution in [2.45, 2.75) is 36.0 Å². The Morgan fingerprint density at radius 2 is 1.62 bits per heavy atom. The lowest BCUT2D eigenvalue weighted by molar-refractivity contribution is -0.385. The number of non-ortho nitro benzene ring substituents is 1. The molecular formula is C23H23F6N7O5S. The predicted octanol–water partition coefficient (Wildman–Crippen LogP) is 3.79. The molecule has 4 N–H and O–H groups in total. The minimum atomic E-state index is -4.74. The largest absolute Gasteiger partial charge is 0.454 e. The molecule has 0 saturated carbocycles. The average molecular weight is 624 g/mol. The molecule has 1 aliphatic rings. The number of halogens is 6. The number of piperidine rings is 1. The molecule has 12 nitrogen and oxygen atoms in total. The van der Waals surface area contributed by atoms with Crippen LogP contribution in [-0.4, -0.2) is 58.5 Å². The topological polar surface area (TPSA) is 180 Å². The van der Waals surface area contributed by atoms with E-state index in [1.807, 2.05) is 0 Å². The Kier molecular flexibility index (Phi) is 10.0. The van der Waals surface area contributed by atoms with Gasteiger partial charge in [-0.3, -0.25) is 21.8 Å². The maximum absolute atomic E-state index is 13.2. The van der Waals surface area contributed by atoms with Crippen LogP contribution in [-0.2, 0) is 16.2 Å². The molecule has 1 fully saturated rings. The van der Waals surface area contributed by atoms with Crippen molar-refractivity contribution in [3.63, 3.8) is 0 Å². The lowest BCUT2D eigenvalue weighted by Crippen LogP contribution is -2.38. The van der Waals surface area contributed by atoms with Crippen molar-refractivity contribution >= 4 is 15.7 Å². The maximum atomic E-state index is 13.2. The van der Waals surface area contributed by atoms with Gasteiger partial charge in [-0.05, 0) is 31.0 Å². The van der Waals surface area contributed by atoms with Crippen molar-refractivity contribution in [3.8, 4) is 17.4 Å². The zero-order chi connectivity index (χ0) is 31.3. The summed E-state index contributed by atoms with van der Waals surface area (Å²) in [6, 6.07) is 7.66. The lowest BCUT2D eigenvalue weighted by atomic mass is 9.97. The molecular weight excluding hydrogens is 600 g/mol. The number of ether oxygens (including phenoxy) is 1. The van der Waals surface area contributed by atoms with Gasteiger partial charge in [0, 0.05) is 36.7 Å². The molecule has 1 aromatic heterocycles. The van der Waals surface area contributed by atoms with E-state index in [2.05, 4.69) is 31.4 Å². The monoisotopic (exact) mass is 623 g/mol. The van der Waals surface area contributed by atoms with E-state index in [-0.39, 0.29) is 48.0 Å². The standard InChI is InChI=1S/C23H19F6N5O5S.H4N2/c24-22(25,26)13-39-21-31-19(30-20(32-21)15-3-1-4-16(11-15)23(27,28)29)14-7-9-33(10-8-14)40(37,38)18-6-2-5-17(12-18)34(35)36;1-2/h1-6,11-12,14H,7-10,13H2;1-2H2. The number of hydrogen-bond acceptors (Lipinski definition) is 10. The fraction of sp³-hybridized carbons (Fsp3) is 0.348. The second kappa shape index (κ2) is 12.9. The van der Waals surface area contributed by atoms with Crippen LogP contribution < -0.4 is 16.4 Å². The van der Waals surface area contributed by atoms with E-state index in [1.165, 1.54) is 18.2 Å². The normalized spacial score (nSPS) is 15.0. The van der Waals surface area contributed by atoms with Gasteiger partial charge in [0.25, 0.3) is 5.69 Å². The van der Waals surface area contributed by atoms with Gasteiger partial charge in [-0.2, -0.15) is 40.6 Å². The highest BCUT2D eigenvalue weighted by Gasteiger charge is 2.34. The van der Waals surface area contributed by atoms with Crippen LogP contribution in [0.1, 0.15) is 30.1 Å². The SMILES string of the molecule is NN.O=[N+]([O-])c1cccc(S(=O)(=O)N2CCC(c3nc(OCC(F)(F)F)nc(-c4cccc(C(F)(F)F)c4)n3)CC2)c1. The Hall–Kier alpha value is -3.94. The molecule has 42 heavy (non-hydrogen) atoms. The summed E-state index contributed by atoms with van der Waals surface area (Å²) < 4.78 is 110. The second-order valence-corrected chi connectivity index (χ2v) is 10.7. The number of rotatable bonds is 7. The summed E-state index contributed by atoms with van der Waals surface area (Å²) in [4.78, 5) is 21.9. The summed E-state index contributed by atoms with van der Waals surface area (Å²) in [6.07, 6.45) is -9.24. The molecule has 2 aromatic carbocycles. The van der Waals surface area contributed by atoms with Crippen LogP contribution in [0.2, 0.25) is 0 Å². The number of nitro groups is 1. The van der Waals surface area contributed by atoms with Crippen LogP contribution in [0, 0.1) is 10.1 Å². The number of sulfonamides is 1. The first-order chi connectivity index (χ1) is 19.6. The highest BCUT2D eigenvalue weighted by molar-refractivity contribution is 7.89. The van der Waals surface area contributed by atoms with Crippen LogP contribution in [0.25, 0.3) is 11.4 Å². The van der Waals surface area contributed by atoms with Crippen molar-refractivity contribution in [2.75, 3.05) is 19.7 Å². The van der Waals surface area contributed by atoms with Crippen LogP contribution in [0.4, 0.5) is 32.0 Å². The Bertz CT molecular complexity index is 1510. The van der Waals surface area contributed by atoms with Gasteiger partial charge in [0.1, 0.15) is 5.82 Å². The Labute approximate surface area is 234 Å². The average Bonchev–Trinajstić information content (AvgIpc) is 2.96. The molecule has 0 spiro atoms. The van der Waals surface area contributed by atoms with Gasteiger partial charge in [0.2, 0.25) is 10.0 Å². The number of hydrazine groups is 1. The molecule has 0 bridgehead atoms. The molecule has 0 amide bonds. The molecule has 0 atom stereocenters. The number of alkyl halides is 6. The molecule has 0 unspecified atom stereocenters. The summed E-state index contributed by atoms with van der Waals surface area (Å²) in [5.41, 5.74) is -1.57. The third kappa shape index (κ3) is 8.08. The Morgan fingerprint density at radius 3 is 2.21 bits per heavy atom. The number of nitrogens with zero attached hydrogens (tertiary/aromatic N) is 5. The van der Waals surface area contributed by atoms with Crippen molar-refractivity contribution in [1.29, 1.82) is 0 Å². The first-order valence-corrected chi connectivity index (χ1v) is 13.3. The summed E-state index contributed by atoms with van der Waals surface area (Å²) >= 11 is 0. The molecule has 228 valence electrons. The highest BCUT2D eigenvalue weighted by Crippen LogP contribution is 2.34. The lowest BCUT2D eigenvalue weighted by Gasteiger charge is -2.30. The molecule has 1 aliphatic heterocycles. The maximum Gasteiger partial charge on any atom is 0.422 e. The number of benzene rings is 2. The fourth-order valence-corrected chi connectivity index (χ4v) is 5.50. The zero-order valence-electron chi connectivity index (χ0n) is 21.3. The number of nitrogens with two attached hydrogens (primary N) is 2. The predicted molar refractivity (Wildman–Crippen MR) is 134 cm³/mol. The third-order valence-electron chi connectivity index (χ3n) is 5.93. The minimum absolute atomic E-state index is 0.0769. The second-order valence-electron chi connectivity index (χ2n) is 8.72.